The zero-order chi connectivity index (χ0) is 17.8. The molecular weight excluding hydrogens is 338 g/mol. The molecule has 0 aliphatic heterocycles. The number of carbonyl (C=O) groups excluding carboxylic acids is 1. The molecule has 5 nitrogen and oxygen atoms in total. The standard InChI is InChI=1S/C19H14ClN3O2/c1-2-25-19(24)14-11-22-17-12(10-21)6-5-7-13(17)18(14)23-16-9-4-3-8-15(16)20/h3-9,11H,2H2,1H3,(H,22,23). The number of pyridine rings is 1. The minimum Gasteiger partial charge on any atom is -0.462 e. The second kappa shape index (κ2) is 7.20. The van der Waals surface area contributed by atoms with Crippen molar-refractivity contribution in [3.63, 3.8) is 0 Å². The summed E-state index contributed by atoms with van der Waals surface area (Å²) in [6.45, 7) is 1.99. The van der Waals surface area contributed by atoms with E-state index in [1.54, 1.807) is 37.3 Å². The summed E-state index contributed by atoms with van der Waals surface area (Å²) in [5, 5.41) is 13.6. The van der Waals surface area contributed by atoms with Gasteiger partial charge in [-0.1, -0.05) is 35.9 Å². The fourth-order valence-corrected chi connectivity index (χ4v) is 2.69. The van der Waals surface area contributed by atoms with E-state index in [9.17, 15) is 10.1 Å². The second-order valence-electron chi connectivity index (χ2n) is 5.19. The number of esters is 1. The highest BCUT2D eigenvalue weighted by Crippen LogP contribution is 2.33. The second-order valence-corrected chi connectivity index (χ2v) is 5.59. The van der Waals surface area contributed by atoms with Crippen LogP contribution in [0.2, 0.25) is 5.02 Å². The molecule has 0 aliphatic rings. The lowest BCUT2D eigenvalue weighted by Gasteiger charge is -2.15. The van der Waals surface area contributed by atoms with Crippen LogP contribution in [0.5, 0.6) is 0 Å². The summed E-state index contributed by atoms with van der Waals surface area (Å²) < 4.78 is 5.13. The van der Waals surface area contributed by atoms with Gasteiger partial charge in [-0.15, -0.1) is 0 Å². The third-order valence-electron chi connectivity index (χ3n) is 3.65. The number of aromatic nitrogens is 1. The topological polar surface area (TPSA) is 75.0 Å². The smallest absolute Gasteiger partial charge is 0.341 e. The van der Waals surface area contributed by atoms with Crippen molar-refractivity contribution in [1.82, 2.24) is 4.98 Å². The molecule has 0 saturated carbocycles. The number of nitriles is 1. The first-order chi connectivity index (χ1) is 12.2. The normalized spacial score (nSPS) is 10.3. The molecule has 1 N–H and O–H groups in total. The van der Waals surface area contributed by atoms with Gasteiger partial charge in [0.1, 0.15) is 11.6 Å². The third kappa shape index (κ3) is 3.25. The Morgan fingerprint density at radius 1 is 1.28 bits per heavy atom. The molecular formula is C19H14ClN3O2. The Morgan fingerprint density at radius 3 is 2.80 bits per heavy atom. The highest BCUT2D eigenvalue weighted by Gasteiger charge is 2.18. The number of ether oxygens (including phenoxy) is 1. The number of hydrogen-bond donors (Lipinski definition) is 1. The van der Waals surface area contributed by atoms with Gasteiger partial charge >= 0.3 is 5.97 Å². The van der Waals surface area contributed by atoms with E-state index in [1.807, 2.05) is 12.1 Å². The van der Waals surface area contributed by atoms with Crippen molar-refractivity contribution in [3.8, 4) is 6.07 Å². The summed E-state index contributed by atoms with van der Waals surface area (Å²) in [6, 6.07) is 14.5. The molecule has 0 unspecified atom stereocenters. The van der Waals surface area contributed by atoms with Gasteiger partial charge in [0.15, 0.2) is 0 Å². The van der Waals surface area contributed by atoms with E-state index >= 15 is 0 Å². The Hall–Kier alpha value is -3.10. The van der Waals surface area contributed by atoms with Gasteiger partial charge in [0, 0.05) is 11.6 Å². The van der Waals surface area contributed by atoms with E-state index in [1.165, 1.54) is 6.20 Å². The van der Waals surface area contributed by atoms with Crippen LogP contribution in [0.25, 0.3) is 10.9 Å². The lowest BCUT2D eigenvalue weighted by atomic mass is 10.1. The molecule has 2 aromatic carbocycles. The van der Waals surface area contributed by atoms with Crippen molar-refractivity contribution in [2.75, 3.05) is 11.9 Å². The van der Waals surface area contributed by atoms with Gasteiger partial charge in [-0.3, -0.25) is 4.98 Å². The summed E-state index contributed by atoms with van der Waals surface area (Å²) in [7, 11) is 0. The number of rotatable bonds is 4. The molecule has 0 bridgehead atoms. The van der Waals surface area contributed by atoms with Crippen LogP contribution in [0, 0.1) is 11.3 Å². The fraction of sp³-hybridized carbons (Fsp3) is 0.105. The number of nitrogens with zero attached hydrogens (tertiary/aromatic N) is 2. The molecule has 0 aliphatic carbocycles. The Labute approximate surface area is 149 Å². The van der Waals surface area contributed by atoms with E-state index in [2.05, 4.69) is 16.4 Å². The summed E-state index contributed by atoms with van der Waals surface area (Å²) in [5.41, 5.74) is 2.37. The van der Waals surface area contributed by atoms with Crippen LogP contribution in [0.4, 0.5) is 11.4 Å². The van der Waals surface area contributed by atoms with Crippen molar-refractivity contribution in [1.29, 1.82) is 5.26 Å². The number of fused-ring (bicyclic) bond motifs is 1. The molecule has 124 valence electrons. The van der Waals surface area contributed by atoms with Crippen LogP contribution in [-0.4, -0.2) is 17.6 Å². The maximum atomic E-state index is 12.3. The van der Waals surface area contributed by atoms with Gasteiger partial charge in [-0.2, -0.15) is 5.26 Å². The molecule has 25 heavy (non-hydrogen) atoms. The summed E-state index contributed by atoms with van der Waals surface area (Å²) >= 11 is 6.23. The SMILES string of the molecule is CCOC(=O)c1cnc2c(C#N)cccc2c1Nc1ccccc1Cl. The molecule has 0 radical (unpaired) electrons. The number of carbonyl (C=O) groups is 1. The van der Waals surface area contributed by atoms with Crippen molar-refractivity contribution >= 4 is 39.8 Å². The summed E-state index contributed by atoms with van der Waals surface area (Å²) in [6.07, 6.45) is 1.42. The molecule has 3 rings (SSSR count). The van der Waals surface area contributed by atoms with Gasteiger partial charge in [-0.25, -0.2) is 4.79 Å². The first kappa shape index (κ1) is 16.7. The molecule has 3 aromatic rings. The quantitative estimate of drug-likeness (QED) is 0.691. The Kier molecular flexibility index (Phi) is 4.82. The van der Waals surface area contributed by atoms with Crippen LogP contribution in [0.3, 0.4) is 0 Å². The highest BCUT2D eigenvalue weighted by molar-refractivity contribution is 6.33. The average molecular weight is 352 g/mol. The molecule has 0 fully saturated rings. The maximum Gasteiger partial charge on any atom is 0.341 e. The Morgan fingerprint density at radius 2 is 2.08 bits per heavy atom. The number of hydrogen-bond acceptors (Lipinski definition) is 5. The van der Waals surface area contributed by atoms with Crippen LogP contribution < -0.4 is 5.32 Å². The number of para-hydroxylation sites is 2. The van der Waals surface area contributed by atoms with E-state index in [0.717, 1.165) is 0 Å². The zero-order valence-corrected chi connectivity index (χ0v) is 14.2. The molecule has 6 heteroatoms. The van der Waals surface area contributed by atoms with Crippen molar-refractivity contribution in [2.24, 2.45) is 0 Å². The minimum absolute atomic E-state index is 0.251. The zero-order valence-electron chi connectivity index (χ0n) is 13.4. The largest absolute Gasteiger partial charge is 0.462 e. The fourth-order valence-electron chi connectivity index (χ4n) is 2.51. The van der Waals surface area contributed by atoms with Gasteiger partial charge in [0.05, 0.1) is 34.1 Å². The van der Waals surface area contributed by atoms with Gasteiger partial charge in [0.25, 0.3) is 0 Å². The van der Waals surface area contributed by atoms with Crippen molar-refractivity contribution in [3.05, 3.63) is 64.8 Å². The van der Waals surface area contributed by atoms with E-state index in [0.29, 0.717) is 32.9 Å². The van der Waals surface area contributed by atoms with E-state index < -0.39 is 5.97 Å². The maximum absolute atomic E-state index is 12.3. The first-order valence-corrected chi connectivity index (χ1v) is 8.04. The van der Waals surface area contributed by atoms with E-state index in [-0.39, 0.29) is 12.2 Å². The number of halogens is 1. The van der Waals surface area contributed by atoms with Gasteiger partial charge < -0.3 is 10.1 Å². The van der Waals surface area contributed by atoms with E-state index in [4.69, 9.17) is 16.3 Å². The van der Waals surface area contributed by atoms with Crippen molar-refractivity contribution in [2.45, 2.75) is 6.92 Å². The molecule has 0 atom stereocenters. The number of nitrogens with one attached hydrogen (secondary N) is 1. The van der Waals surface area contributed by atoms with Crippen LogP contribution in [0.1, 0.15) is 22.8 Å². The predicted octanol–water partition coefficient (Wildman–Crippen LogP) is 4.68. The van der Waals surface area contributed by atoms with Crippen LogP contribution in [-0.2, 0) is 4.74 Å². The lowest BCUT2D eigenvalue weighted by Crippen LogP contribution is -2.09. The molecule has 0 spiro atoms. The Bertz CT molecular complexity index is 996. The molecule has 1 heterocycles. The summed E-state index contributed by atoms with van der Waals surface area (Å²) in [5.74, 6) is -0.492. The minimum atomic E-state index is -0.492. The molecule has 0 saturated heterocycles. The predicted molar refractivity (Wildman–Crippen MR) is 97.1 cm³/mol. The summed E-state index contributed by atoms with van der Waals surface area (Å²) in [4.78, 5) is 16.6. The monoisotopic (exact) mass is 351 g/mol. The molecule has 0 amide bonds. The van der Waals surface area contributed by atoms with Crippen LogP contribution >= 0.6 is 11.6 Å². The van der Waals surface area contributed by atoms with Crippen molar-refractivity contribution < 1.29 is 9.53 Å². The Balaban J connectivity index is 2.24. The lowest BCUT2D eigenvalue weighted by molar-refractivity contribution is 0.0527. The highest BCUT2D eigenvalue weighted by atomic mass is 35.5. The first-order valence-electron chi connectivity index (χ1n) is 7.66. The average Bonchev–Trinajstić information content (AvgIpc) is 2.63. The third-order valence-corrected chi connectivity index (χ3v) is 3.98. The van der Waals surface area contributed by atoms with Gasteiger partial charge in [-0.05, 0) is 25.1 Å². The van der Waals surface area contributed by atoms with Crippen LogP contribution in [0.15, 0.2) is 48.7 Å². The van der Waals surface area contributed by atoms with Gasteiger partial charge in [0.2, 0.25) is 0 Å². The number of anilines is 2. The number of benzene rings is 2. The molecule has 1 aromatic heterocycles.